The van der Waals surface area contributed by atoms with Crippen molar-refractivity contribution in [1.29, 1.82) is 0 Å². The molecule has 0 bridgehead atoms. The zero-order valence-electron chi connectivity index (χ0n) is 17.1. The Morgan fingerprint density at radius 1 is 1.10 bits per heavy atom. The number of hydrogen-bond acceptors (Lipinski definition) is 3. The highest BCUT2D eigenvalue weighted by Gasteiger charge is 2.25. The zero-order valence-corrected chi connectivity index (χ0v) is 17.1. The number of ether oxygens (including phenoxy) is 3. The summed E-state index contributed by atoms with van der Waals surface area (Å²) in [5.74, 6) is -3.09. The van der Waals surface area contributed by atoms with Crippen LogP contribution in [-0.2, 0) is 9.47 Å². The fourth-order valence-corrected chi connectivity index (χ4v) is 3.48. The van der Waals surface area contributed by atoms with Crippen LogP contribution in [-0.4, -0.2) is 26.1 Å². The van der Waals surface area contributed by atoms with Gasteiger partial charge in [0.25, 0.3) is 0 Å². The van der Waals surface area contributed by atoms with Gasteiger partial charge in [-0.2, -0.15) is 4.39 Å². The first-order valence-corrected chi connectivity index (χ1v) is 10.3. The molecule has 0 spiro atoms. The number of benzene rings is 2. The van der Waals surface area contributed by atoms with E-state index in [1.807, 2.05) is 0 Å². The molecule has 0 amide bonds. The molecule has 0 aromatic heterocycles. The predicted molar refractivity (Wildman–Crippen MR) is 110 cm³/mol. The Kier molecular flexibility index (Phi) is 7.94. The Morgan fingerprint density at radius 2 is 1.90 bits per heavy atom. The van der Waals surface area contributed by atoms with E-state index in [1.165, 1.54) is 30.3 Å². The smallest absolute Gasteiger partial charge is 0.201 e. The lowest BCUT2D eigenvalue weighted by Gasteiger charge is -2.29. The van der Waals surface area contributed by atoms with Gasteiger partial charge in [0.2, 0.25) is 5.82 Å². The van der Waals surface area contributed by atoms with Crippen molar-refractivity contribution in [2.45, 2.75) is 44.8 Å². The van der Waals surface area contributed by atoms with Crippen LogP contribution in [0.1, 0.15) is 44.1 Å². The normalized spacial score (nSPS) is 18.9. The lowest BCUT2D eigenvalue weighted by molar-refractivity contribution is -0.167. The Morgan fingerprint density at radius 3 is 2.57 bits per heavy atom. The van der Waals surface area contributed by atoms with Gasteiger partial charge in [-0.1, -0.05) is 38.1 Å². The minimum Gasteiger partial charge on any atom is -0.486 e. The molecule has 0 saturated carbocycles. The van der Waals surface area contributed by atoms with Crippen molar-refractivity contribution in [3.8, 4) is 16.9 Å². The van der Waals surface area contributed by atoms with Gasteiger partial charge in [0, 0.05) is 23.7 Å². The quantitative estimate of drug-likeness (QED) is 0.348. The molecule has 162 valence electrons. The molecule has 1 aliphatic heterocycles. The molecular formula is C24H27F3O3. The van der Waals surface area contributed by atoms with Gasteiger partial charge >= 0.3 is 0 Å². The van der Waals surface area contributed by atoms with Crippen LogP contribution in [0.5, 0.6) is 5.75 Å². The first kappa shape index (κ1) is 22.4. The standard InChI is InChI=1S/C24H27F3O3/c1-3-5-13-29-22-11-7-17(15-30-22)16-6-8-18(20(25)14-16)19-9-10-21(28-12-4-2)24(27)23(19)26/h4,6,8-10,14,17,22H,2-3,5,7,11-13,15H2,1H3. The molecule has 1 saturated heterocycles. The van der Waals surface area contributed by atoms with Gasteiger partial charge in [0.05, 0.1) is 6.61 Å². The van der Waals surface area contributed by atoms with Crippen LogP contribution in [0.3, 0.4) is 0 Å². The summed E-state index contributed by atoms with van der Waals surface area (Å²) in [5, 5.41) is 0. The number of unbranched alkanes of at least 4 members (excludes halogenated alkanes) is 1. The minimum absolute atomic E-state index is 0.00271. The highest BCUT2D eigenvalue weighted by atomic mass is 19.2. The van der Waals surface area contributed by atoms with Gasteiger partial charge in [0.15, 0.2) is 17.9 Å². The average molecular weight is 420 g/mol. The van der Waals surface area contributed by atoms with E-state index in [2.05, 4.69) is 13.5 Å². The third kappa shape index (κ3) is 5.24. The summed E-state index contributed by atoms with van der Waals surface area (Å²) in [6.07, 6.45) is 4.83. The summed E-state index contributed by atoms with van der Waals surface area (Å²) in [4.78, 5) is 0. The van der Waals surface area contributed by atoms with E-state index in [0.29, 0.717) is 13.2 Å². The predicted octanol–water partition coefficient (Wildman–Crippen LogP) is 6.37. The second-order valence-corrected chi connectivity index (χ2v) is 7.34. The lowest BCUT2D eigenvalue weighted by Crippen LogP contribution is -2.27. The summed E-state index contributed by atoms with van der Waals surface area (Å²) in [6.45, 7) is 6.73. The van der Waals surface area contributed by atoms with E-state index in [1.54, 1.807) is 6.07 Å². The molecular weight excluding hydrogens is 393 g/mol. The molecule has 6 heteroatoms. The fraction of sp³-hybridized carbons (Fsp3) is 0.417. The average Bonchev–Trinajstić information content (AvgIpc) is 2.76. The molecule has 0 aliphatic carbocycles. The maximum atomic E-state index is 14.8. The second-order valence-electron chi connectivity index (χ2n) is 7.34. The summed E-state index contributed by atoms with van der Waals surface area (Å²) in [6, 6.07) is 7.21. The highest BCUT2D eigenvalue weighted by Crippen LogP contribution is 2.34. The van der Waals surface area contributed by atoms with Crippen LogP contribution < -0.4 is 4.74 Å². The van der Waals surface area contributed by atoms with E-state index in [0.717, 1.165) is 31.2 Å². The van der Waals surface area contributed by atoms with Crippen molar-refractivity contribution in [1.82, 2.24) is 0 Å². The maximum absolute atomic E-state index is 14.8. The molecule has 2 atom stereocenters. The third-order valence-electron chi connectivity index (χ3n) is 5.19. The van der Waals surface area contributed by atoms with Crippen molar-refractivity contribution < 1.29 is 27.4 Å². The lowest BCUT2D eigenvalue weighted by atomic mass is 9.91. The van der Waals surface area contributed by atoms with E-state index in [4.69, 9.17) is 14.2 Å². The van der Waals surface area contributed by atoms with Gasteiger partial charge in [-0.15, -0.1) is 0 Å². The topological polar surface area (TPSA) is 27.7 Å². The Labute approximate surface area is 175 Å². The van der Waals surface area contributed by atoms with Gasteiger partial charge < -0.3 is 14.2 Å². The molecule has 2 aromatic carbocycles. The van der Waals surface area contributed by atoms with E-state index in [-0.39, 0.29) is 35.7 Å². The molecule has 1 fully saturated rings. The van der Waals surface area contributed by atoms with E-state index < -0.39 is 17.5 Å². The minimum atomic E-state index is -1.15. The van der Waals surface area contributed by atoms with Gasteiger partial charge in [0.1, 0.15) is 12.4 Å². The molecule has 3 nitrogen and oxygen atoms in total. The Balaban J connectivity index is 1.70. The van der Waals surface area contributed by atoms with Gasteiger partial charge in [-0.3, -0.25) is 0 Å². The van der Waals surface area contributed by atoms with Crippen LogP contribution in [0, 0.1) is 17.5 Å². The summed E-state index contributed by atoms with van der Waals surface area (Å²) >= 11 is 0. The van der Waals surface area contributed by atoms with Crippen molar-refractivity contribution in [2.24, 2.45) is 0 Å². The Bertz CT molecular complexity index is 861. The van der Waals surface area contributed by atoms with Crippen LogP contribution in [0.15, 0.2) is 43.0 Å². The molecule has 1 heterocycles. The monoisotopic (exact) mass is 420 g/mol. The second kappa shape index (κ2) is 10.6. The molecule has 0 radical (unpaired) electrons. The highest BCUT2D eigenvalue weighted by molar-refractivity contribution is 5.66. The van der Waals surface area contributed by atoms with Crippen molar-refractivity contribution in [2.75, 3.05) is 19.8 Å². The fourth-order valence-electron chi connectivity index (χ4n) is 3.48. The summed E-state index contributed by atoms with van der Waals surface area (Å²) in [5.41, 5.74) is 0.629. The first-order valence-electron chi connectivity index (χ1n) is 10.3. The molecule has 3 rings (SSSR count). The maximum Gasteiger partial charge on any atom is 0.201 e. The van der Waals surface area contributed by atoms with E-state index in [9.17, 15) is 13.2 Å². The van der Waals surface area contributed by atoms with Crippen LogP contribution in [0.25, 0.3) is 11.1 Å². The zero-order chi connectivity index (χ0) is 21.5. The van der Waals surface area contributed by atoms with Crippen LogP contribution in [0.4, 0.5) is 13.2 Å². The molecule has 0 N–H and O–H groups in total. The van der Waals surface area contributed by atoms with Gasteiger partial charge in [-0.25, -0.2) is 8.78 Å². The van der Waals surface area contributed by atoms with Crippen LogP contribution >= 0.6 is 0 Å². The number of halogens is 3. The van der Waals surface area contributed by atoms with Gasteiger partial charge in [-0.05, 0) is 43.0 Å². The molecule has 2 aromatic rings. The third-order valence-corrected chi connectivity index (χ3v) is 5.19. The van der Waals surface area contributed by atoms with Crippen molar-refractivity contribution in [3.63, 3.8) is 0 Å². The van der Waals surface area contributed by atoms with Crippen molar-refractivity contribution in [3.05, 3.63) is 66.0 Å². The summed E-state index contributed by atoms with van der Waals surface area (Å²) in [7, 11) is 0. The molecule has 1 aliphatic rings. The van der Waals surface area contributed by atoms with Crippen LogP contribution in [0.2, 0.25) is 0 Å². The SMILES string of the molecule is C=CCOc1ccc(-c2ccc(C3CCC(OCCCC)OC3)cc2F)c(F)c1F. The largest absolute Gasteiger partial charge is 0.486 e. The van der Waals surface area contributed by atoms with E-state index >= 15 is 0 Å². The summed E-state index contributed by atoms with van der Waals surface area (Å²) < 4.78 is 60.0. The molecule has 2 unspecified atom stereocenters. The number of hydrogen-bond donors (Lipinski definition) is 0. The first-order chi connectivity index (χ1) is 14.5. The molecule has 30 heavy (non-hydrogen) atoms. The Hall–Kier alpha value is -2.31. The number of rotatable bonds is 9. The van der Waals surface area contributed by atoms with Crippen molar-refractivity contribution >= 4 is 0 Å².